The van der Waals surface area contributed by atoms with E-state index in [-0.39, 0.29) is 11.9 Å². The van der Waals surface area contributed by atoms with Crippen molar-refractivity contribution in [3.8, 4) is 16.2 Å². The molecule has 4 nitrogen and oxygen atoms in total. The Kier molecular flexibility index (Phi) is 4.16. The first-order chi connectivity index (χ1) is 9.10. The van der Waals surface area contributed by atoms with Gasteiger partial charge in [-0.15, -0.1) is 11.3 Å². The molecule has 2 rings (SSSR count). The average molecular weight is 276 g/mol. The van der Waals surface area contributed by atoms with Crippen LogP contribution in [0.25, 0.3) is 10.4 Å². The largest absolute Gasteiger partial charge is 0.495 e. The number of nitrogens with one attached hydrogen (secondary N) is 1. The Hall–Kier alpha value is -1.88. The number of methoxy groups -OCH3 is 1. The second-order valence-electron chi connectivity index (χ2n) is 4.41. The number of carbonyl (C=O) groups excluding carboxylic acids is 1. The molecule has 1 amide bonds. The number of nitrogens with zero attached hydrogens (tertiary/aromatic N) is 1. The van der Waals surface area contributed by atoms with Gasteiger partial charge in [0.15, 0.2) is 0 Å². The van der Waals surface area contributed by atoms with Crippen LogP contribution in [0, 0.1) is 0 Å². The van der Waals surface area contributed by atoms with Gasteiger partial charge in [-0.25, -0.2) is 0 Å². The van der Waals surface area contributed by atoms with E-state index in [2.05, 4.69) is 10.3 Å². The summed E-state index contributed by atoms with van der Waals surface area (Å²) in [5.74, 6) is 0.668. The van der Waals surface area contributed by atoms with Crippen molar-refractivity contribution >= 4 is 17.2 Å². The number of amides is 1. The van der Waals surface area contributed by atoms with Crippen LogP contribution in [0.4, 0.5) is 0 Å². The van der Waals surface area contributed by atoms with Crippen LogP contribution in [0.3, 0.4) is 0 Å². The summed E-state index contributed by atoms with van der Waals surface area (Å²) in [6.45, 7) is 3.89. The van der Waals surface area contributed by atoms with E-state index in [1.165, 1.54) is 11.3 Å². The van der Waals surface area contributed by atoms with Gasteiger partial charge in [-0.1, -0.05) is 0 Å². The Bertz CT molecular complexity index is 578. The first-order valence-electron chi connectivity index (χ1n) is 6.00. The van der Waals surface area contributed by atoms with Crippen molar-refractivity contribution in [2.24, 2.45) is 0 Å². The molecule has 0 unspecified atom stereocenters. The molecule has 0 aromatic carbocycles. The number of carbonyl (C=O) groups is 1. The Labute approximate surface area is 116 Å². The van der Waals surface area contributed by atoms with Crippen LogP contribution >= 0.6 is 11.3 Å². The topological polar surface area (TPSA) is 51.2 Å². The van der Waals surface area contributed by atoms with Gasteiger partial charge < -0.3 is 10.1 Å². The SMILES string of the molecule is COc1cncc(-c2ccc(C(=O)NC(C)C)s2)c1. The molecule has 0 radical (unpaired) electrons. The molecule has 2 aromatic rings. The van der Waals surface area contributed by atoms with Crippen molar-refractivity contribution in [2.45, 2.75) is 19.9 Å². The molecule has 0 bridgehead atoms. The third-order valence-corrected chi connectivity index (χ3v) is 3.62. The summed E-state index contributed by atoms with van der Waals surface area (Å²) in [5, 5.41) is 2.88. The lowest BCUT2D eigenvalue weighted by Gasteiger charge is -2.05. The molecule has 100 valence electrons. The zero-order chi connectivity index (χ0) is 13.8. The molecule has 0 aliphatic rings. The number of aromatic nitrogens is 1. The second kappa shape index (κ2) is 5.84. The van der Waals surface area contributed by atoms with E-state index in [1.807, 2.05) is 32.0 Å². The fourth-order valence-corrected chi connectivity index (χ4v) is 2.50. The van der Waals surface area contributed by atoms with Crippen LogP contribution in [0.2, 0.25) is 0 Å². The van der Waals surface area contributed by atoms with Gasteiger partial charge in [-0.3, -0.25) is 9.78 Å². The fraction of sp³-hybridized carbons (Fsp3) is 0.286. The molecule has 5 heteroatoms. The van der Waals surface area contributed by atoms with Crippen LogP contribution in [0.1, 0.15) is 23.5 Å². The molecule has 2 aromatic heterocycles. The maximum absolute atomic E-state index is 11.9. The number of pyridine rings is 1. The van der Waals surface area contributed by atoms with Crippen LogP contribution in [-0.4, -0.2) is 24.0 Å². The van der Waals surface area contributed by atoms with Crippen molar-refractivity contribution in [2.75, 3.05) is 7.11 Å². The van der Waals surface area contributed by atoms with Crippen LogP contribution in [0.15, 0.2) is 30.6 Å². The maximum atomic E-state index is 11.9. The van der Waals surface area contributed by atoms with Crippen molar-refractivity contribution in [1.29, 1.82) is 0 Å². The third kappa shape index (κ3) is 3.32. The summed E-state index contributed by atoms with van der Waals surface area (Å²) in [6, 6.07) is 5.80. The van der Waals surface area contributed by atoms with Gasteiger partial charge >= 0.3 is 0 Å². The van der Waals surface area contributed by atoms with E-state index < -0.39 is 0 Å². The standard InChI is InChI=1S/C14H16N2O2S/c1-9(2)16-14(17)13-5-4-12(19-13)10-6-11(18-3)8-15-7-10/h4-9H,1-3H3,(H,16,17). The maximum Gasteiger partial charge on any atom is 0.261 e. The van der Waals surface area contributed by atoms with Gasteiger partial charge in [0.05, 0.1) is 18.2 Å². The minimum Gasteiger partial charge on any atom is -0.495 e. The van der Waals surface area contributed by atoms with Gasteiger partial charge in [0.2, 0.25) is 0 Å². The quantitative estimate of drug-likeness (QED) is 0.934. The number of ether oxygens (including phenoxy) is 1. The van der Waals surface area contributed by atoms with E-state index in [1.54, 1.807) is 19.5 Å². The van der Waals surface area contributed by atoms with Crippen LogP contribution in [0.5, 0.6) is 5.75 Å². The van der Waals surface area contributed by atoms with Gasteiger partial charge in [-0.2, -0.15) is 0 Å². The predicted molar refractivity (Wildman–Crippen MR) is 76.7 cm³/mol. The Morgan fingerprint density at radius 3 is 2.84 bits per heavy atom. The zero-order valence-electron chi connectivity index (χ0n) is 11.1. The monoisotopic (exact) mass is 276 g/mol. The Morgan fingerprint density at radius 2 is 2.16 bits per heavy atom. The minimum absolute atomic E-state index is 0.0397. The zero-order valence-corrected chi connectivity index (χ0v) is 12.0. The molecule has 2 heterocycles. The molecule has 0 saturated carbocycles. The Balaban J connectivity index is 2.22. The highest BCUT2D eigenvalue weighted by Gasteiger charge is 2.11. The fourth-order valence-electron chi connectivity index (χ4n) is 1.61. The van der Waals surface area contributed by atoms with Gasteiger partial charge in [-0.05, 0) is 32.0 Å². The van der Waals surface area contributed by atoms with E-state index in [0.29, 0.717) is 10.6 Å². The van der Waals surface area contributed by atoms with E-state index in [9.17, 15) is 4.79 Å². The summed E-state index contributed by atoms with van der Waals surface area (Å²) in [5.41, 5.74) is 0.952. The molecule has 1 N–H and O–H groups in total. The van der Waals surface area contributed by atoms with Crippen LogP contribution < -0.4 is 10.1 Å². The van der Waals surface area contributed by atoms with Crippen molar-refractivity contribution < 1.29 is 9.53 Å². The highest BCUT2D eigenvalue weighted by Crippen LogP contribution is 2.29. The number of rotatable bonds is 4. The number of thiophene rings is 1. The first-order valence-corrected chi connectivity index (χ1v) is 6.82. The summed E-state index contributed by atoms with van der Waals surface area (Å²) in [6.07, 6.45) is 3.42. The van der Waals surface area contributed by atoms with Gasteiger partial charge in [0.25, 0.3) is 5.91 Å². The van der Waals surface area contributed by atoms with Crippen molar-refractivity contribution in [3.05, 3.63) is 35.5 Å². The molecule has 0 saturated heterocycles. The van der Waals surface area contributed by atoms with E-state index in [0.717, 1.165) is 10.4 Å². The van der Waals surface area contributed by atoms with Crippen molar-refractivity contribution in [1.82, 2.24) is 10.3 Å². The van der Waals surface area contributed by atoms with E-state index in [4.69, 9.17) is 4.74 Å². The molecule has 0 aliphatic heterocycles. The second-order valence-corrected chi connectivity index (χ2v) is 5.49. The number of hydrogen-bond acceptors (Lipinski definition) is 4. The molecule has 19 heavy (non-hydrogen) atoms. The molecule has 0 aliphatic carbocycles. The minimum atomic E-state index is -0.0397. The summed E-state index contributed by atoms with van der Waals surface area (Å²) in [7, 11) is 1.61. The molecule has 0 atom stereocenters. The third-order valence-electron chi connectivity index (χ3n) is 2.48. The predicted octanol–water partition coefficient (Wildman–Crippen LogP) is 2.96. The normalized spacial score (nSPS) is 10.5. The van der Waals surface area contributed by atoms with E-state index >= 15 is 0 Å². The summed E-state index contributed by atoms with van der Waals surface area (Å²) < 4.78 is 5.15. The summed E-state index contributed by atoms with van der Waals surface area (Å²) in [4.78, 5) is 17.7. The Morgan fingerprint density at radius 1 is 1.37 bits per heavy atom. The smallest absolute Gasteiger partial charge is 0.261 e. The first kappa shape index (κ1) is 13.5. The van der Waals surface area contributed by atoms with Gasteiger partial charge in [0.1, 0.15) is 5.75 Å². The highest BCUT2D eigenvalue weighted by atomic mass is 32.1. The lowest BCUT2D eigenvalue weighted by Crippen LogP contribution is -2.29. The number of hydrogen-bond donors (Lipinski definition) is 1. The lowest BCUT2D eigenvalue weighted by atomic mass is 10.2. The molecule has 0 fully saturated rings. The lowest BCUT2D eigenvalue weighted by molar-refractivity contribution is 0.0947. The molecule has 0 spiro atoms. The molecular weight excluding hydrogens is 260 g/mol. The van der Waals surface area contributed by atoms with Gasteiger partial charge in [0, 0.05) is 22.7 Å². The highest BCUT2D eigenvalue weighted by molar-refractivity contribution is 7.17. The summed E-state index contributed by atoms with van der Waals surface area (Å²) >= 11 is 1.45. The van der Waals surface area contributed by atoms with Crippen molar-refractivity contribution in [3.63, 3.8) is 0 Å². The molecular formula is C14H16N2O2S. The average Bonchev–Trinajstić information content (AvgIpc) is 2.88. The van der Waals surface area contributed by atoms with Crippen LogP contribution in [-0.2, 0) is 0 Å².